The highest BCUT2D eigenvalue weighted by Crippen LogP contribution is 2.33. The smallest absolute Gasteiger partial charge is 0.130 e. The maximum atomic E-state index is 10.4. The number of phosphoric ester groups is 1. The van der Waals surface area contributed by atoms with Gasteiger partial charge < -0.3 is 18.9 Å². The van der Waals surface area contributed by atoms with Crippen LogP contribution in [-0.2, 0) is 4.57 Å². The number of hydrogen-bond donors (Lipinski definition) is 0. The monoisotopic (exact) mass is 200 g/mol. The highest BCUT2D eigenvalue weighted by Gasteiger charge is 2.03. The predicted molar refractivity (Wildman–Crippen MR) is 44.2 cm³/mol. The molecule has 0 heterocycles. The van der Waals surface area contributed by atoms with Crippen LogP contribution in [0.3, 0.4) is 0 Å². The summed E-state index contributed by atoms with van der Waals surface area (Å²) in [6, 6.07) is 5.12. The number of hydrogen-bond acceptors (Lipinski definition) is 4. The van der Waals surface area contributed by atoms with E-state index in [2.05, 4.69) is 4.52 Å². The average molecular weight is 200 g/mol. The standard InChI is InChI=1S/C8H11O4P/c1-6-4-3-5-7(2)8(6)12-13(9,10)11/h3-5H,1-2H3,(H2,9,10,11)/p-2. The number of aryl methyl sites for hydroxylation is 2. The van der Waals surface area contributed by atoms with E-state index in [9.17, 15) is 14.4 Å². The van der Waals surface area contributed by atoms with Crippen LogP contribution in [0.5, 0.6) is 5.75 Å². The first-order chi connectivity index (χ1) is 5.90. The van der Waals surface area contributed by atoms with Crippen molar-refractivity contribution < 1.29 is 18.9 Å². The van der Waals surface area contributed by atoms with E-state index >= 15 is 0 Å². The molecule has 0 radical (unpaired) electrons. The van der Waals surface area contributed by atoms with Crippen LogP contribution in [0.1, 0.15) is 11.1 Å². The van der Waals surface area contributed by atoms with Crippen LogP contribution in [0.15, 0.2) is 18.2 Å². The summed E-state index contributed by atoms with van der Waals surface area (Å²) in [6.07, 6.45) is 0. The zero-order valence-electron chi connectivity index (χ0n) is 7.31. The SMILES string of the molecule is Cc1cccc(C)c1OP(=O)([O-])[O-]. The Morgan fingerprint density at radius 3 is 2.08 bits per heavy atom. The third-order valence-corrected chi connectivity index (χ3v) is 2.02. The van der Waals surface area contributed by atoms with Crippen molar-refractivity contribution in [1.82, 2.24) is 0 Å². The van der Waals surface area contributed by atoms with E-state index in [1.807, 2.05) is 0 Å². The van der Waals surface area contributed by atoms with Gasteiger partial charge in [-0.05, 0) is 25.0 Å². The fourth-order valence-electron chi connectivity index (χ4n) is 1.05. The van der Waals surface area contributed by atoms with Crippen molar-refractivity contribution in [3.63, 3.8) is 0 Å². The maximum Gasteiger partial charge on any atom is 0.130 e. The van der Waals surface area contributed by atoms with Crippen molar-refractivity contribution in [2.24, 2.45) is 0 Å². The molecule has 0 unspecified atom stereocenters. The van der Waals surface area contributed by atoms with Gasteiger partial charge in [0.25, 0.3) is 0 Å². The van der Waals surface area contributed by atoms with E-state index in [4.69, 9.17) is 0 Å². The summed E-state index contributed by atoms with van der Waals surface area (Å²) in [4.78, 5) is 20.7. The molecule has 0 saturated heterocycles. The molecule has 0 aromatic heterocycles. The Balaban J connectivity index is 3.07. The van der Waals surface area contributed by atoms with Crippen molar-refractivity contribution in [1.29, 1.82) is 0 Å². The summed E-state index contributed by atoms with van der Waals surface area (Å²) >= 11 is 0. The summed E-state index contributed by atoms with van der Waals surface area (Å²) in [5.41, 5.74) is 1.26. The van der Waals surface area contributed by atoms with E-state index in [1.54, 1.807) is 32.0 Å². The van der Waals surface area contributed by atoms with Gasteiger partial charge in [0.15, 0.2) is 0 Å². The van der Waals surface area contributed by atoms with E-state index in [-0.39, 0.29) is 5.75 Å². The van der Waals surface area contributed by atoms with Crippen molar-refractivity contribution in [2.45, 2.75) is 13.8 Å². The molecule has 1 aromatic rings. The fraction of sp³-hybridized carbons (Fsp3) is 0.250. The van der Waals surface area contributed by atoms with Crippen molar-refractivity contribution in [3.8, 4) is 5.75 Å². The average Bonchev–Trinajstić information content (AvgIpc) is 1.95. The van der Waals surface area contributed by atoms with Gasteiger partial charge in [0.2, 0.25) is 0 Å². The van der Waals surface area contributed by atoms with Crippen LogP contribution >= 0.6 is 7.82 Å². The highest BCUT2D eigenvalue weighted by molar-refractivity contribution is 7.43. The van der Waals surface area contributed by atoms with Crippen molar-refractivity contribution in [2.75, 3.05) is 0 Å². The number of phosphoric acid groups is 1. The molecule has 0 spiro atoms. The molecular weight excluding hydrogens is 191 g/mol. The Morgan fingerprint density at radius 1 is 1.23 bits per heavy atom. The zero-order chi connectivity index (χ0) is 10.1. The van der Waals surface area contributed by atoms with Crippen LogP contribution in [0.4, 0.5) is 0 Å². The predicted octanol–water partition coefficient (Wildman–Crippen LogP) is 0.511. The molecule has 0 saturated carbocycles. The highest BCUT2D eigenvalue weighted by atomic mass is 31.2. The second kappa shape index (κ2) is 3.50. The largest absolute Gasteiger partial charge is 0.780 e. The minimum atomic E-state index is -4.94. The fourth-order valence-corrected chi connectivity index (χ4v) is 1.57. The Morgan fingerprint density at radius 2 is 1.69 bits per heavy atom. The van der Waals surface area contributed by atoms with Crippen LogP contribution in [0.25, 0.3) is 0 Å². The Bertz CT molecular complexity index is 335. The Labute approximate surface area is 76.4 Å². The second-order valence-electron chi connectivity index (χ2n) is 2.76. The molecule has 0 aliphatic rings. The topological polar surface area (TPSA) is 72.4 Å². The minimum absolute atomic E-state index is 0.135. The first-order valence-electron chi connectivity index (χ1n) is 3.68. The van der Waals surface area contributed by atoms with Crippen LogP contribution in [0, 0.1) is 13.8 Å². The summed E-state index contributed by atoms with van der Waals surface area (Å²) in [6.45, 7) is 3.36. The summed E-state index contributed by atoms with van der Waals surface area (Å²) < 4.78 is 14.7. The lowest BCUT2D eigenvalue weighted by Gasteiger charge is -2.30. The van der Waals surface area contributed by atoms with E-state index in [0.29, 0.717) is 11.1 Å². The third-order valence-electron chi connectivity index (χ3n) is 1.61. The maximum absolute atomic E-state index is 10.4. The molecule has 0 fully saturated rings. The molecule has 0 atom stereocenters. The quantitative estimate of drug-likeness (QED) is 0.652. The molecule has 72 valence electrons. The summed E-state index contributed by atoms with van der Waals surface area (Å²) in [5, 5.41) is 0. The Kier molecular flexibility index (Phi) is 2.76. The normalized spacial score (nSPS) is 11.4. The molecule has 1 rings (SSSR count). The van der Waals surface area contributed by atoms with Gasteiger partial charge in [0.1, 0.15) is 13.6 Å². The van der Waals surface area contributed by atoms with Gasteiger partial charge in [-0.15, -0.1) is 0 Å². The van der Waals surface area contributed by atoms with Gasteiger partial charge in [-0.3, -0.25) is 0 Å². The van der Waals surface area contributed by atoms with Gasteiger partial charge in [0.05, 0.1) is 0 Å². The summed E-state index contributed by atoms with van der Waals surface area (Å²) in [7, 11) is -4.94. The lowest BCUT2D eigenvalue weighted by atomic mass is 10.1. The lowest BCUT2D eigenvalue weighted by Crippen LogP contribution is -2.19. The molecule has 0 aliphatic heterocycles. The molecule has 4 nitrogen and oxygen atoms in total. The Hall–Kier alpha value is -0.830. The molecule has 0 amide bonds. The molecule has 0 N–H and O–H groups in total. The van der Waals surface area contributed by atoms with E-state index in [0.717, 1.165) is 0 Å². The van der Waals surface area contributed by atoms with E-state index in [1.165, 1.54) is 0 Å². The number of rotatable bonds is 2. The first-order valence-corrected chi connectivity index (χ1v) is 5.14. The second-order valence-corrected chi connectivity index (χ2v) is 3.84. The zero-order valence-corrected chi connectivity index (χ0v) is 8.21. The first kappa shape index (κ1) is 10.3. The van der Waals surface area contributed by atoms with Gasteiger partial charge in [-0.25, -0.2) is 0 Å². The van der Waals surface area contributed by atoms with Crippen LogP contribution in [0.2, 0.25) is 0 Å². The molecule has 5 heteroatoms. The summed E-state index contributed by atoms with van der Waals surface area (Å²) in [5.74, 6) is 0.135. The molecular formula is C8H9O4P-2. The minimum Gasteiger partial charge on any atom is -0.780 e. The van der Waals surface area contributed by atoms with Gasteiger partial charge in [0, 0.05) is 0 Å². The van der Waals surface area contributed by atoms with Gasteiger partial charge in [-0.1, -0.05) is 18.2 Å². The lowest BCUT2D eigenvalue weighted by molar-refractivity contribution is -0.333. The number of para-hydroxylation sites is 1. The van der Waals surface area contributed by atoms with Crippen molar-refractivity contribution >= 4 is 7.82 Å². The molecule has 13 heavy (non-hydrogen) atoms. The van der Waals surface area contributed by atoms with Crippen LogP contribution in [-0.4, -0.2) is 0 Å². The third kappa shape index (κ3) is 2.84. The van der Waals surface area contributed by atoms with E-state index < -0.39 is 7.82 Å². The van der Waals surface area contributed by atoms with Crippen molar-refractivity contribution in [3.05, 3.63) is 29.3 Å². The molecule has 0 aliphatic carbocycles. The van der Waals surface area contributed by atoms with Gasteiger partial charge >= 0.3 is 0 Å². The van der Waals surface area contributed by atoms with Gasteiger partial charge in [-0.2, -0.15) is 0 Å². The van der Waals surface area contributed by atoms with Crippen LogP contribution < -0.4 is 14.3 Å². The molecule has 1 aromatic carbocycles. The number of benzene rings is 1. The molecule has 0 bridgehead atoms.